The molecule has 142 valence electrons. The van der Waals surface area contributed by atoms with Crippen LogP contribution in [0.25, 0.3) is 0 Å². The van der Waals surface area contributed by atoms with Crippen LogP contribution in [-0.2, 0) is 0 Å². The van der Waals surface area contributed by atoms with Crippen molar-refractivity contribution in [3.8, 4) is 0 Å². The van der Waals surface area contributed by atoms with E-state index in [0.717, 1.165) is 17.4 Å². The van der Waals surface area contributed by atoms with Crippen molar-refractivity contribution >= 4 is 40.4 Å². The van der Waals surface area contributed by atoms with Gasteiger partial charge in [0.15, 0.2) is 0 Å². The third-order valence-electron chi connectivity index (χ3n) is 4.31. The summed E-state index contributed by atoms with van der Waals surface area (Å²) in [6.07, 6.45) is 0. The summed E-state index contributed by atoms with van der Waals surface area (Å²) in [6, 6.07) is 5.07. The minimum absolute atomic E-state index is 0.0754. The second kappa shape index (κ2) is 7.61. The molecule has 0 aliphatic carbocycles. The van der Waals surface area contributed by atoms with E-state index in [4.69, 9.17) is 11.6 Å². The summed E-state index contributed by atoms with van der Waals surface area (Å²) in [6.45, 7) is 2.59. The molecule has 1 aromatic carbocycles. The molecule has 10 heteroatoms. The van der Waals surface area contributed by atoms with Gasteiger partial charge in [0.25, 0.3) is 17.5 Å². The number of rotatable bonds is 3. The standard InChI is InChI=1S/C17H15ClFN3O4S/c1-10-14(22(25)26)9-15(27-10)17(24)21-6-4-20(5-7-21)16(23)12-8-11(18)2-3-13(12)19/h2-3,8-9H,4-7H2,1H3. The van der Waals surface area contributed by atoms with E-state index in [1.165, 1.54) is 28.0 Å². The Morgan fingerprint density at radius 1 is 1.15 bits per heavy atom. The quantitative estimate of drug-likeness (QED) is 0.572. The van der Waals surface area contributed by atoms with E-state index in [2.05, 4.69) is 0 Å². The summed E-state index contributed by atoms with van der Waals surface area (Å²) >= 11 is 6.91. The van der Waals surface area contributed by atoms with Gasteiger partial charge in [-0.15, -0.1) is 11.3 Å². The molecule has 1 saturated heterocycles. The molecule has 1 fully saturated rings. The van der Waals surface area contributed by atoms with E-state index in [9.17, 15) is 24.1 Å². The van der Waals surface area contributed by atoms with Gasteiger partial charge < -0.3 is 9.80 Å². The van der Waals surface area contributed by atoms with E-state index in [1.807, 2.05) is 0 Å². The Morgan fingerprint density at radius 3 is 2.30 bits per heavy atom. The van der Waals surface area contributed by atoms with E-state index >= 15 is 0 Å². The maximum Gasteiger partial charge on any atom is 0.283 e. The molecule has 0 radical (unpaired) electrons. The van der Waals surface area contributed by atoms with E-state index < -0.39 is 16.6 Å². The number of halogens is 2. The molecule has 0 atom stereocenters. The van der Waals surface area contributed by atoms with Crippen molar-refractivity contribution in [3.63, 3.8) is 0 Å². The Bertz CT molecular complexity index is 925. The molecule has 2 aromatic rings. The zero-order valence-electron chi connectivity index (χ0n) is 14.3. The van der Waals surface area contributed by atoms with Crippen molar-refractivity contribution < 1.29 is 18.9 Å². The second-order valence-electron chi connectivity index (χ2n) is 6.02. The third kappa shape index (κ3) is 3.93. The molecular weight excluding hydrogens is 397 g/mol. The Hall–Kier alpha value is -2.52. The van der Waals surface area contributed by atoms with Crippen molar-refractivity contribution in [1.29, 1.82) is 0 Å². The summed E-state index contributed by atoms with van der Waals surface area (Å²) in [4.78, 5) is 39.2. The number of nitro groups is 1. The topological polar surface area (TPSA) is 83.8 Å². The lowest BCUT2D eigenvalue weighted by atomic mass is 10.1. The average molecular weight is 412 g/mol. The zero-order valence-corrected chi connectivity index (χ0v) is 15.8. The highest BCUT2D eigenvalue weighted by Crippen LogP contribution is 2.29. The average Bonchev–Trinajstić information content (AvgIpc) is 3.04. The van der Waals surface area contributed by atoms with Crippen LogP contribution < -0.4 is 0 Å². The third-order valence-corrected chi connectivity index (χ3v) is 5.57. The number of thiophene rings is 1. The van der Waals surface area contributed by atoms with Crippen LogP contribution in [0.4, 0.5) is 10.1 Å². The van der Waals surface area contributed by atoms with E-state index in [0.29, 0.717) is 9.75 Å². The molecule has 3 rings (SSSR count). The van der Waals surface area contributed by atoms with Gasteiger partial charge in [-0.3, -0.25) is 19.7 Å². The molecule has 0 unspecified atom stereocenters. The van der Waals surface area contributed by atoms with Crippen LogP contribution in [0, 0.1) is 22.9 Å². The molecule has 7 nitrogen and oxygen atoms in total. The number of hydrogen-bond acceptors (Lipinski definition) is 5. The number of aryl methyl sites for hydroxylation is 1. The number of amides is 2. The molecule has 1 aromatic heterocycles. The summed E-state index contributed by atoms with van der Waals surface area (Å²) in [5.41, 5.74) is -0.180. The first-order valence-electron chi connectivity index (χ1n) is 8.06. The summed E-state index contributed by atoms with van der Waals surface area (Å²) in [7, 11) is 0. The normalized spacial score (nSPS) is 14.3. The number of nitrogens with zero attached hydrogens (tertiary/aromatic N) is 3. The lowest BCUT2D eigenvalue weighted by molar-refractivity contribution is -0.385. The van der Waals surface area contributed by atoms with Gasteiger partial charge in [0.2, 0.25) is 0 Å². The van der Waals surface area contributed by atoms with Crippen molar-refractivity contribution in [2.24, 2.45) is 0 Å². The molecule has 0 spiro atoms. The number of carbonyl (C=O) groups excluding carboxylic acids is 2. The van der Waals surface area contributed by atoms with Gasteiger partial charge in [-0.1, -0.05) is 11.6 Å². The second-order valence-corrected chi connectivity index (χ2v) is 7.71. The zero-order chi connectivity index (χ0) is 19.7. The van der Waals surface area contributed by atoms with Gasteiger partial charge in [0.1, 0.15) is 5.82 Å². The summed E-state index contributed by atoms with van der Waals surface area (Å²) < 4.78 is 13.9. The molecule has 0 saturated carbocycles. The van der Waals surface area contributed by atoms with Gasteiger partial charge in [0.05, 0.1) is 20.2 Å². The molecule has 1 aliphatic rings. The number of hydrogen-bond donors (Lipinski definition) is 0. The summed E-state index contributed by atoms with van der Waals surface area (Å²) in [5, 5.41) is 11.2. The minimum atomic E-state index is -0.649. The molecule has 27 heavy (non-hydrogen) atoms. The summed E-state index contributed by atoms with van der Waals surface area (Å²) in [5.74, 6) is -1.44. The van der Waals surface area contributed by atoms with Crippen molar-refractivity contribution in [3.05, 3.63) is 60.5 Å². The first-order chi connectivity index (χ1) is 12.8. The predicted octanol–water partition coefficient (Wildman–Crippen LogP) is 3.36. The molecule has 0 bridgehead atoms. The maximum absolute atomic E-state index is 13.9. The van der Waals surface area contributed by atoms with Crippen LogP contribution in [0.5, 0.6) is 0 Å². The van der Waals surface area contributed by atoms with E-state index in [-0.39, 0.29) is 48.4 Å². The van der Waals surface area contributed by atoms with Crippen molar-refractivity contribution in [2.75, 3.05) is 26.2 Å². The first-order valence-corrected chi connectivity index (χ1v) is 9.26. The highest BCUT2D eigenvalue weighted by atomic mass is 35.5. The van der Waals surface area contributed by atoms with Crippen LogP contribution in [0.2, 0.25) is 5.02 Å². The lowest BCUT2D eigenvalue weighted by Gasteiger charge is -2.34. The molecule has 2 amide bonds. The molecule has 1 aliphatic heterocycles. The highest BCUT2D eigenvalue weighted by molar-refractivity contribution is 7.14. The van der Waals surface area contributed by atoms with Gasteiger partial charge in [0, 0.05) is 37.3 Å². The monoisotopic (exact) mass is 411 g/mol. The fourth-order valence-corrected chi connectivity index (χ4v) is 3.99. The fraction of sp³-hybridized carbons (Fsp3) is 0.294. The Balaban J connectivity index is 1.67. The smallest absolute Gasteiger partial charge is 0.283 e. The fourth-order valence-electron chi connectivity index (χ4n) is 2.86. The largest absolute Gasteiger partial charge is 0.335 e. The predicted molar refractivity (Wildman–Crippen MR) is 98.9 cm³/mol. The highest BCUT2D eigenvalue weighted by Gasteiger charge is 2.29. The maximum atomic E-state index is 13.9. The number of carbonyl (C=O) groups is 2. The SMILES string of the molecule is Cc1sc(C(=O)N2CCN(C(=O)c3cc(Cl)ccc3F)CC2)cc1[N+](=O)[O-]. The van der Waals surface area contributed by atoms with Crippen LogP contribution >= 0.6 is 22.9 Å². The molecular formula is C17H15ClFN3O4S. The van der Waals surface area contributed by atoms with Gasteiger partial charge >= 0.3 is 0 Å². The molecule has 2 heterocycles. The van der Waals surface area contributed by atoms with Crippen LogP contribution in [-0.4, -0.2) is 52.7 Å². The van der Waals surface area contributed by atoms with Gasteiger partial charge in [-0.2, -0.15) is 0 Å². The van der Waals surface area contributed by atoms with Gasteiger partial charge in [-0.25, -0.2) is 4.39 Å². The Labute approximate surface area is 163 Å². The minimum Gasteiger partial charge on any atom is -0.335 e. The Morgan fingerprint density at radius 2 is 1.74 bits per heavy atom. The van der Waals surface area contributed by atoms with Crippen LogP contribution in [0.1, 0.15) is 24.9 Å². The van der Waals surface area contributed by atoms with Crippen LogP contribution in [0.15, 0.2) is 24.3 Å². The molecule has 0 N–H and O–H groups in total. The first kappa shape index (κ1) is 19.2. The van der Waals surface area contributed by atoms with Crippen molar-refractivity contribution in [2.45, 2.75) is 6.92 Å². The number of benzene rings is 1. The van der Waals surface area contributed by atoms with Crippen LogP contribution in [0.3, 0.4) is 0 Å². The van der Waals surface area contributed by atoms with E-state index in [1.54, 1.807) is 6.92 Å². The Kier molecular flexibility index (Phi) is 5.43. The van der Waals surface area contributed by atoms with Gasteiger partial charge in [-0.05, 0) is 25.1 Å². The van der Waals surface area contributed by atoms with Crippen molar-refractivity contribution in [1.82, 2.24) is 9.80 Å². The number of piperazine rings is 1. The lowest BCUT2D eigenvalue weighted by Crippen LogP contribution is -2.50.